The molecule has 0 radical (unpaired) electrons. The lowest BCUT2D eigenvalue weighted by molar-refractivity contribution is 0.472. The van der Waals surface area contributed by atoms with Crippen molar-refractivity contribution in [3.8, 4) is 5.75 Å². The number of aryl methyl sites for hydroxylation is 2. The summed E-state index contributed by atoms with van der Waals surface area (Å²) >= 11 is 0. The fraction of sp³-hybridized carbons (Fsp3) is 0.391. The lowest BCUT2D eigenvalue weighted by Crippen LogP contribution is -2.47. The first-order valence-corrected chi connectivity index (χ1v) is 10.2. The zero-order chi connectivity index (χ0) is 19.3. The molecular weight excluding hydrogens is 348 g/mol. The van der Waals surface area contributed by atoms with Crippen LogP contribution in [0.25, 0.3) is 10.9 Å². The molecule has 2 fully saturated rings. The molecule has 1 aliphatic heterocycles. The average molecular weight is 374 g/mol. The fourth-order valence-corrected chi connectivity index (χ4v) is 4.07. The molecular formula is C23H26N4O. The summed E-state index contributed by atoms with van der Waals surface area (Å²) in [6.07, 6.45) is 2.41. The van der Waals surface area contributed by atoms with E-state index in [0.29, 0.717) is 11.7 Å². The van der Waals surface area contributed by atoms with E-state index in [4.69, 9.17) is 9.97 Å². The first-order chi connectivity index (χ1) is 13.6. The van der Waals surface area contributed by atoms with E-state index in [1.165, 1.54) is 18.4 Å². The molecule has 0 bridgehead atoms. The van der Waals surface area contributed by atoms with E-state index in [9.17, 15) is 5.11 Å². The number of anilines is 2. The molecule has 5 heteroatoms. The largest absolute Gasteiger partial charge is 0.506 e. The van der Waals surface area contributed by atoms with Gasteiger partial charge in [-0.05, 0) is 56.5 Å². The minimum absolute atomic E-state index is 0.368. The molecule has 28 heavy (non-hydrogen) atoms. The molecule has 1 aliphatic carbocycles. The molecule has 0 spiro atoms. The number of aromatic nitrogens is 2. The highest BCUT2D eigenvalue weighted by atomic mass is 16.3. The van der Waals surface area contributed by atoms with Crippen LogP contribution in [0.4, 0.5) is 11.5 Å². The standard InChI is InChI=1S/C23H26N4O/c1-15-3-7-19-18(13-15)23(25-22(24-19)17-5-6-17)27-11-9-26(10-12-27)20-8-4-16(2)14-21(20)28/h3-4,7-8,13-14,17,28H,5-6,9-12H2,1-2H3. The van der Waals surface area contributed by atoms with Crippen LogP contribution in [0.2, 0.25) is 0 Å². The average Bonchev–Trinajstić information content (AvgIpc) is 3.53. The van der Waals surface area contributed by atoms with Crippen LogP contribution in [0.3, 0.4) is 0 Å². The maximum atomic E-state index is 10.3. The summed E-state index contributed by atoms with van der Waals surface area (Å²) in [7, 11) is 0. The summed E-state index contributed by atoms with van der Waals surface area (Å²) in [6.45, 7) is 7.63. The van der Waals surface area contributed by atoms with E-state index in [2.05, 4.69) is 41.0 Å². The Morgan fingerprint density at radius 1 is 0.857 bits per heavy atom. The van der Waals surface area contributed by atoms with Gasteiger partial charge in [0.1, 0.15) is 17.4 Å². The molecule has 5 rings (SSSR count). The summed E-state index contributed by atoms with van der Waals surface area (Å²) in [4.78, 5) is 14.5. The van der Waals surface area contributed by atoms with Crippen molar-refractivity contribution in [2.45, 2.75) is 32.6 Å². The number of phenolic OH excluding ortho intramolecular Hbond substituents is 1. The highest BCUT2D eigenvalue weighted by Gasteiger charge is 2.29. The van der Waals surface area contributed by atoms with Gasteiger partial charge >= 0.3 is 0 Å². The number of hydrogen-bond donors (Lipinski definition) is 1. The molecule has 1 aromatic heterocycles. The van der Waals surface area contributed by atoms with Gasteiger partial charge in [-0.15, -0.1) is 0 Å². The Hall–Kier alpha value is -2.82. The van der Waals surface area contributed by atoms with Crippen molar-refractivity contribution in [3.63, 3.8) is 0 Å². The van der Waals surface area contributed by atoms with E-state index < -0.39 is 0 Å². The van der Waals surface area contributed by atoms with E-state index in [-0.39, 0.29) is 0 Å². The Bertz CT molecular complexity index is 1040. The van der Waals surface area contributed by atoms with Gasteiger partial charge in [0, 0.05) is 37.5 Å². The van der Waals surface area contributed by atoms with Crippen LogP contribution >= 0.6 is 0 Å². The second kappa shape index (κ2) is 6.66. The predicted octanol–water partition coefficient (Wildman–Crippen LogP) is 4.16. The van der Waals surface area contributed by atoms with Crippen LogP contribution in [0.1, 0.15) is 35.7 Å². The lowest BCUT2D eigenvalue weighted by atomic mass is 10.1. The maximum absolute atomic E-state index is 10.3. The van der Waals surface area contributed by atoms with Gasteiger partial charge in [0.15, 0.2) is 0 Å². The van der Waals surface area contributed by atoms with Gasteiger partial charge in [0.2, 0.25) is 0 Å². The van der Waals surface area contributed by atoms with Crippen LogP contribution in [0, 0.1) is 13.8 Å². The summed E-state index contributed by atoms with van der Waals surface area (Å²) in [5.74, 6) is 2.98. The second-order valence-electron chi connectivity index (χ2n) is 8.17. The van der Waals surface area contributed by atoms with E-state index in [1.807, 2.05) is 19.1 Å². The molecule has 1 N–H and O–H groups in total. The SMILES string of the molecule is Cc1ccc(N2CCN(c3nc(C4CC4)nc4ccc(C)cc34)CC2)c(O)c1. The molecule has 144 valence electrons. The molecule has 2 heterocycles. The Labute approximate surface area is 165 Å². The molecule has 1 saturated heterocycles. The molecule has 2 aliphatic rings. The normalized spacial score (nSPS) is 17.4. The topological polar surface area (TPSA) is 52.5 Å². The maximum Gasteiger partial charge on any atom is 0.140 e. The zero-order valence-electron chi connectivity index (χ0n) is 16.5. The van der Waals surface area contributed by atoms with Gasteiger partial charge in [0.25, 0.3) is 0 Å². The molecule has 0 unspecified atom stereocenters. The minimum Gasteiger partial charge on any atom is -0.506 e. The number of fused-ring (bicyclic) bond motifs is 1. The molecule has 3 aromatic rings. The van der Waals surface area contributed by atoms with Crippen molar-refractivity contribution < 1.29 is 5.11 Å². The molecule has 5 nitrogen and oxygen atoms in total. The smallest absolute Gasteiger partial charge is 0.140 e. The molecule has 0 atom stereocenters. The van der Waals surface area contributed by atoms with Crippen LogP contribution in [0.15, 0.2) is 36.4 Å². The number of phenols is 1. The number of hydrogen-bond acceptors (Lipinski definition) is 5. The lowest BCUT2D eigenvalue weighted by Gasteiger charge is -2.37. The zero-order valence-corrected chi connectivity index (χ0v) is 16.5. The van der Waals surface area contributed by atoms with Crippen LogP contribution in [0.5, 0.6) is 5.75 Å². The first kappa shape index (κ1) is 17.3. The number of rotatable bonds is 3. The summed E-state index contributed by atoms with van der Waals surface area (Å²) in [5.41, 5.74) is 4.29. The number of benzene rings is 2. The third-order valence-electron chi connectivity index (χ3n) is 5.84. The van der Waals surface area contributed by atoms with E-state index >= 15 is 0 Å². The second-order valence-corrected chi connectivity index (χ2v) is 8.17. The van der Waals surface area contributed by atoms with Crippen molar-refractivity contribution in [1.82, 2.24) is 9.97 Å². The van der Waals surface area contributed by atoms with Crippen LogP contribution < -0.4 is 9.80 Å². The third-order valence-corrected chi connectivity index (χ3v) is 5.84. The van der Waals surface area contributed by atoms with Gasteiger partial charge in [-0.3, -0.25) is 0 Å². The Balaban J connectivity index is 1.44. The van der Waals surface area contributed by atoms with Crippen molar-refractivity contribution >= 4 is 22.4 Å². The van der Waals surface area contributed by atoms with Gasteiger partial charge in [-0.2, -0.15) is 0 Å². The number of piperazine rings is 1. The van der Waals surface area contributed by atoms with Crippen molar-refractivity contribution in [2.75, 3.05) is 36.0 Å². The Morgan fingerprint density at radius 2 is 1.54 bits per heavy atom. The van der Waals surface area contributed by atoms with Gasteiger partial charge in [0.05, 0.1) is 11.2 Å². The van der Waals surface area contributed by atoms with E-state index in [1.54, 1.807) is 0 Å². The number of aromatic hydroxyl groups is 1. The predicted molar refractivity (Wildman–Crippen MR) is 114 cm³/mol. The van der Waals surface area contributed by atoms with Crippen molar-refractivity contribution in [2.24, 2.45) is 0 Å². The van der Waals surface area contributed by atoms with Gasteiger partial charge in [-0.25, -0.2) is 9.97 Å². The highest BCUT2D eigenvalue weighted by Crippen LogP contribution is 2.40. The minimum atomic E-state index is 0.368. The van der Waals surface area contributed by atoms with Gasteiger partial charge in [-0.1, -0.05) is 17.7 Å². The molecule has 2 aromatic carbocycles. The quantitative estimate of drug-likeness (QED) is 0.746. The third kappa shape index (κ3) is 3.15. The van der Waals surface area contributed by atoms with E-state index in [0.717, 1.165) is 60.0 Å². The van der Waals surface area contributed by atoms with Crippen LogP contribution in [-0.4, -0.2) is 41.3 Å². The Kier molecular flexibility index (Phi) is 4.11. The summed E-state index contributed by atoms with van der Waals surface area (Å²) in [6, 6.07) is 12.4. The van der Waals surface area contributed by atoms with Crippen molar-refractivity contribution in [3.05, 3.63) is 53.3 Å². The molecule has 0 amide bonds. The monoisotopic (exact) mass is 374 g/mol. The van der Waals surface area contributed by atoms with Gasteiger partial charge < -0.3 is 14.9 Å². The number of nitrogens with zero attached hydrogens (tertiary/aromatic N) is 4. The summed E-state index contributed by atoms with van der Waals surface area (Å²) in [5, 5.41) is 11.5. The fourth-order valence-electron chi connectivity index (χ4n) is 4.07. The first-order valence-electron chi connectivity index (χ1n) is 10.2. The van der Waals surface area contributed by atoms with Crippen molar-refractivity contribution in [1.29, 1.82) is 0 Å². The summed E-state index contributed by atoms with van der Waals surface area (Å²) < 4.78 is 0. The molecule has 1 saturated carbocycles. The van der Waals surface area contributed by atoms with Crippen LogP contribution in [-0.2, 0) is 0 Å². The highest BCUT2D eigenvalue weighted by molar-refractivity contribution is 5.90. The Morgan fingerprint density at radius 3 is 2.25 bits per heavy atom.